The van der Waals surface area contributed by atoms with E-state index in [-0.39, 0.29) is 24.3 Å². The normalized spacial score (nSPS) is 9.71. The second-order valence-electron chi connectivity index (χ2n) is 3.38. The van der Waals surface area contributed by atoms with Crippen LogP contribution in [0.2, 0.25) is 0 Å². The lowest BCUT2D eigenvalue weighted by Crippen LogP contribution is -2.17. The topological polar surface area (TPSA) is 86.5 Å². The maximum Gasteiger partial charge on any atom is 0.345 e. The number of ketones is 1. The zero-order valence-corrected chi connectivity index (χ0v) is 9.22. The third-order valence-corrected chi connectivity index (χ3v) is 1.98. The summed E-state index contributed by atoms with van der Waals surface area (Å²) in [5.41, 5.74) is 5.43. The van der Waals surface area contributed by atoms with Crippen LogP contribution < -0.4 is 5.73 Å². The van der Waals surface area contributed by atoms with Crippen molar-refractivity contribution >= 4 is 17.7 Å². The molecule has 0 bridgehead atoms. The van der Waals surface area contributed by atoms with Gasteiger partial charge in [-0.3, -0.25) is 9.59 Å². The Morgan fingerprint density at radius 3 is 2.35 bits per heavy atom. The summed E-state index contributed by atoms with van der Waals surface area (Å²) in [7, 11) is 0. The van der Waals surface area contributed by atoms with Gasteiger partial charge in [-0.05, 0) is 18.7 Å². The van der Waals surface area contributed by atoms with E-state index in [9.17, 15) is 14.4 Å². The third kappa shape index (κ3) is 4.56. The molecule has 0 unspecified atom stereocenters. The fraction of sp³-hybridized carbons (Fsp3) is 0.250. The van der Waals surface area contributed by atoms with E-state index in [1.165, 1.54) is 12.1 Å². The summed E-state index contributed by atoms with van der Waals surface area (Å²) < 4.78 is 4.51. The number of nitrogens with two attached hydrogens (primary N) is 1. The van der Waals surface area contributed by atoms with Crippen molar-refractivity contribution in [1.82, 2.24) is 0 Å². The van der Waals surface area contributed by atoms with Gasteiger partial charge in [0.25, 0.3) is 0 Å². The van der Waals surface area contributed by atoms with E-state index in [1.807, 2.05) is 0 Å². The molecule has 0 fully saturated rings. The Balaban J connectivity index is 2.47. The van der Waals surface area contributed by atoms with Crippen LogP contribution in [0, 0.1) is 0 Å². The van der Waals surface area contributed by atoms with E-state index >= 15 is 0 Å². The lowest BCUT2D eigenvalue weighted by molar-refractivity contribution is -0.140. The Morgan fingerprint density at radius 2 is 1.76 bits per heavy atom. The maximum absolute atomic E-state index is 11.4. The number of hydrogen-bond donors (Lipinski definition) is 1. The molecule has 0 aromatic heterocycles. The average molecular weight is 235 g/mol. The van der Waals surface area contributed by atoms with Crippen molar-refractivity contribution in [3.05, 3.63) is 35.9 Å². The van der Waals surface area contributed by atoms with Crippen LogP contribution in [-0.4, -0.2) is 24.3 Å². The summed E-state index contributed by atoms with van der Waals surface area (Å²) >= 11 is 0. The molecule has 2 N–H and O–H groups in total. The van der Waals surface area contributed by atoms with Crippen LogP contribution in [0.1, 0.15) is 23.2 Å². The van der Waals surface area contributed by atoms with E-state index in [2.05, 4.69) is 4.74 Å². The SMILES string of the molecule is NCCC(=O)CC(=O)OC(=O)c1ccccc1. The van der Waals surface area contributed by atoms with Crippen LogP contribution in [0.4, 0.5) is 0 Å². The zero-order valence-electron chi connectivity index (χ0n) is 9.22. The predicted octanol–water partition coefficient (Wildman–Crippen LogP) is 0.678. The molecule has 0 saturated carbocycles. The standard InChI is InChI=1S/C12H13NO4/c13-7-6-10(14)8-11(15)17-12(16)9-4-2-1-3-5-9/h1-5H,6-8,13H2. The predicted molar refractivity (Wildman–Crippen MR) is 60.2 cm³/mol. The van der Waals surface area contributed by atoms with Gasteiger partial charge in [0.1, 0.15) is 12.2 Å². The molecule has 1 aromatic carbocycles. The maximum atomic E-state index is 11.4. The summed E-state index contributed by atoms with van der Waals surface area (Å²) in [4.78, 5) is 33.7. The molecule has 0 saturated heterocycles. The molecule has 0 amide bonds. The van der Waals surface area contributed by atoms with Crippen LogP contribution >= 0.6 is 0 Å². The van der Waals surface area contributed by atoms with E-state index in [0.717, 1.165) is 0 Å². The van der Waals surface area contributed by atoms with E-state index < -0.39 is 18.4 Å². The molecule has 17 heavy (non-hydrogen) atoms. The molecular weight excluding hydrogens is 222 g/mol. The van der Waals surface area contributed by atoms with Gasteiger partial charge < -0.3 is 10.5 Å². The molecular formula is C12H13NO4. The van der Waals surface area contributed by atoms with Crippen molar-refractivity contribution in [1.29, 1.82) is 0 Å². The number of carbonyl (C=O) groups excluding carboxylic acids is 3. The van der Waals surface area contributed by atoms with Gasteiger partial charge in [0, 0.05) is 6.42 Å². The molecule has 0 aliphatic rings. The van der Waals surface area contributed by atoms with Crippen molar-refractivity contribution in [2.45, 2.75) is 12.8 Å². The van der Waals surface area contributed by atoms with Crippen LogP contribution in [0.25, 0.3) is 0 Å². The molecule has 1 rings (SSSR count). The lowest BCUT2D eigenvalue weighted by atomic mass is 10.2. The molecule has 0 aliphatic heterocycles. The molecule has 5 heteroatoms. The Hall–Kier alpha value is -2.01. The highest BCUT2D eigenvalue weighted by Gasteiger charge is 2.15. The molecule has 0 heterocycles. The number of esters is 2. The van der Waals surface area contributed by atoms with Crippen molar-refractivity contribution in [3.8, 4) is 0 Å². The molecule has 5 nitrogen and oxygen atoms in total. The highest BCUT2D eigenvalue weighted by Crippen LogP contribution is 2.02. The second-order valence-corrected chi connectivity index (χ2v) is 3.38. The Labute approximate surface area is 98.6 Å². The highest BCUT2D eigenvalue weighted by atomic mass is 16.6. The Kier molecular flexibility index (Phi) is 5.03. The van der Waals surface area contributed by atoms with E-state index in [1.54, 1.807) is 18.2 Å². The van der Waals surface area contributed by atoms with Gasteiger partial charge in [0.2, 0.25) is 0 Å². The smallest absolute Gasteiger partial charge is 0.345 e. The molecule has 0 spiro atoms. The first kappa shape index (κ1) is 13.1. The highest BCUT2D eigenvalue weighted by molar-refractivity contribution is 6.02. The van der Waals surface area contributed by atoms with Crippen LogP contribution in [-0.2, 0) is 14.3 Å². The first-order valence-electron chi connectivity index (χ1n) is 5.15. The largest absolute Gasteiger partial charge is 0.389 e. The summed E-state index contributed by atoms with van der Waals surface area (Å²) in [5, 5.41) is 0. The molecule has 90 valence electrons. The summed E-state index contributed by atoms with van der Waals surface area (Å²) in [6.07, 6.45) is -0.315. The fourth-order valence-electron chi connectivity index (χ4n) is 1.18. The minimum atomic E-state index is -0.850. The van der Waals surface area contributed by atoms with E-state index in [4.69, 9.17) is 5.73 Å². The third-order valence-electron chi connectivity index (χ3n) is 1.98. The fourth-order valence-corrected chi connectivity index (χ4v) is 1.18. The summed E-state index contributed by atoms with van der Waals surface area (Å²) in [5.74, 6) is -1.94. The molecule has 1 aromatic rings. The zero-order chi connectivity index (χ0) is 12.7. The molecule has 0 radical (unpaired) electrons. The number of rotatable bonds is 5. The Bertz CT molecular complexity index is 414. The first-order valence-corrected chi connectivity index (χ1v) is 5.15. The first-order chi connectivity index (χ1) is 8.13. The van der Waals surface area contributed by atoms with Gasteiger partial charge in [0.15, 0.2) is 0 Å². The molecule has 0 aliphatic carbocycles. The lowest BCUT2D eigenvalue weighted by Gasteiger charge is -2.02. The number of hydrogen-bond acceptors (Lipinski definition) is 5. The van der Waals surface area contributed by atoms with Gasteiger partial charge in [-0.15, -0.1) is 0 Å². The van der Waals surface area contributed by atoms with E-state index in [0.29, 0.717) is 0 Å². The summed E-state index contributed by atoms with van der Waals surface area (Å²) in [6, 6.07) is 8.10. The van der Waals surface area contributed by atoms with Crippen LogP contribution in [0.3, 0.4) is 0 Å². The van der Waals surface area contributed by atoms with Crippen molar-refractivity contribution in [2.75, 3.05) is 6.54 Å². The van der Waals surface area contributed by atoms with Gasteiger partial charge in [0.05, 0.1) is 5.56 Å². The molecule has 0 atom stereocenters. The minimum Gasteiger partial charge on any atom is -0.389 e. The quantitative estimate of drug-likeness (QED) is 0.599. The van der Waals surface area contributed by atoms with Crippen LogP contribution in [0.5, 0.6) is 0 Å². The summed E-state index contributed by atoms with van der Waals surface area (Å²) in [6.45, 7) is 0.179. The number of ether oxygens (including phenoxy) is 1. The second kappa shape index (κ2) is 6.55. The van der Waals surface area contributed by atoms with Crippen molar-refractivity contribution in [2.24, 2.45) is 5.73 Å². The van der Waals surface area contributed by atoms with Gasteiger partial charge in [-0.25, -0.2) is 4.79 Å². The van der Waals surface area contributed by atoms with Gasteiger partial charge >= 0.3 is 11.9 Å². The number of carbonyl (C=O) groups is 3. The van der Waals surface area contributed by atoms with Crippen molar-refractivity contribution < 1.29 is 19.1 Å². The van der Waals surface area contributed by atoms with Gasteiger partial charge in [-0.1, -0.05) is 18.2 Å². The van der Waals surface area contributed by atoms with Gasteiger partial charge in [-0.2, -0.15) is 0 Å². The van der Waals surface area contributed by atoms with Crippen LogP contribution in [0.15, 0.2) is 30.3 Å². The number of Topliss-reactive ketones (excluding diaryl/α,β-unsaturated/α-hetero) is 1. The van der Waals surface area contributed by atoms with Crippen molar-refractivity contribution in [3.63, 3.8) is 0 Å². The monoisotopic (exact) mass is 235 g/mol. The Morgan fingerprint density at radius 1 is 1.12 bits per heavy atom. The minimum absolute atomic E-state index is 0.106. The average Bonchev–Trinajstić information content (AvgIpc) is 2.30. The number of benzene rings is 1.